The van der Waals surface area contributed by atoms with E-state index in [9.17, 15) is 14.4 Å². The molecule has 1 rings (SSSR count). The van der Waals surface area contributed by atoms with Crippen LogP contribution in [0.1, 0.15) is 17.3 Å². The fourth-order valence-corrected chi connectivity index (χ4v) is 1.49. The molecule has 0 aromatic heterocycles. The molecule has 0 aliphatic heterocycles. The molecule has 0 bridgehead atoms. The Morgan fingerprint density at radius 3 is 2.57 bits per heavy atom. The normalized spacial score (nSPS) is 11.4. The first-order chi connectivity index (χ1) is 9.90. The molecule has 0 aliphatic rings. The zero-order valence-electron chi connectivity index (χ0n) is 11.6. The van der Waals surface area contributed by atoms with E-state index < -0.39 is 23.9 Å². The van der Waals surface area contributed by atoms with Crippen molar-refractivity contribution < 1.29 is 29.0 Å². The Labute approximate surface area is 120 Å². The van der Waals surface area contributed by atoms with Gasteiger partial charge in [0, 0.05) is 0 Å². The molecule has 0 fully saturated rings. The van der Waals surface area contributed by atoms with Crippen molar-refractivity contribution in [3.8, 4) is 5.75 Å². The average Bonchev–Trinajstić information content (AvgIpc) is 2.46. The van der Waals surface area contributed by atoms with Gasteiger partial charge >= 0.3 is 11.9 Å². The molecule has 114 valence electrons. The third kappa shape index (κ3) is 4.18. The number of esters is 1. The standard InChI is InChI=1S/C13H16N2O6/c1-3-21-13(19)10(14)11(16)15-8-6-7(12(17)18)4-5-9(8)20-2/h4-6,10H,3,14H2,1-2H3,(H,15,16)(H,17,18). The van der Waals surface area contributed by atoms with Gasteiger partial charge in [-0.05, 0) is 25.1 Å². The fraction of sp³-hybridized carbons (Fsp3) is 0.308. The zero-order valence-corrected chi connectivity index (χ0v) is 11.6. The number of carbonyl (C=O) groups is 3. The van der Waals surface area contributed by atoms with Gasteiger partial charge in [-0.1, -0.05) is 0 Å². The number of benzene rings is 1. The van der Waals surface area contributed by atoms with Crippen LogP contribution in [0.25, 0.3) is 0 Å². The van der Waals surface area contributed by atoms with E-state index in [0.717, 1.165) is 0 Å². The van der Waals surface area contributed by atoms with E-state index in [0.29, 0.717) is 0 Å². The quantitative estimate of drug-likeness (QED) is 0.506. The lowest BCUT2D eigenvalue weighted by Gasteiger charge is -2.14. The van der Waals surface area contributed by atoms with E-state index in [1.54, 1.807) is 6.92 Å². The molecule has 4 N–H and O–H groups in total. The van der Waals surface area contributed by atoms with Gasteiger partial charge in [0.05, 0.1) is 25.0 Å². The van der Waals surface area contributed by atoms with Gasteiger partial charge in [-0.2, -0.15) is 0 Å². The highest BCUT2D eigenvalue weighted by Crippen LogP contribution is 2.25. The molecule has 0 aliphatic carbocycles. The van der Waals surface area contributed by atoms with Gasteiger partial charge in [-0.25, -0.2) is 9.59 Å². The predicted octanol–water partition coefficient (Wildman–Crippen LogP) is 0.222. The summed E-state index contributed by atoms with van der Waals surface area (Å²) in [5.74, 6) is -2.62. The van der Waals surface area contributed by atoms with Crippen LogP contribution in [0.5, 0.6) is 5.75 Å². The number of methoxy groups -OCH3 is 1. The van der Waals surface area contributed by atoms with E-state index >= 15 is 0 Å². The Morgan fingerprint density at radius 2 is 2.05 bits per heavy atom. The smallest absolute Gasteiger partial charge is 0.335 e. The van der Waals surface area contributed by atoms with Crippen molar-refractivity contribution in [2.45, 2.75) is 13.0 Å². The molecule has 8 nitrogen and oxygen atoms in total. The minimum absolute atomic E-state index is 0.0455. The van der Waals surface area contributed by atoms with Crippen LogP contribution >= 0.6 is 0 Å². The summed E-state index contributed by atoms with van der Waals surface area (Å²) >= 11 is 0. The van der Waals surface area contributed by atoms with E-state index in [-0.39, 0.29) is 23.6 Å². The maximum Gasteiger partial charge on any atom is 0.335 e. The van der Waals surface area contributed by atoms with Crippen molar-refractivity contribution in [2.24, 2.45) is 5.73 Å². The van der Waals surface area contributed by atoms with Crippen LogP contribution < -0.4 is 15.8 Å². The van der Waals surface area contributed by atoms with Crippen molar-refractivity contribution in [2.75, 3.05) is 19.0 Å². The number of carboxylic acids is 1. The number of aromatic carboxylic acids is 1. The summed E-state index contributed by atoms with van der Waals surface area (Å²) in [6.07, 6.45) is 0. The minimum atomic E-state index is -1.51. The van der Waals surface area contributed by atoms with Crippen molar-refractivity contribution >= 4 is 23.5 Å². The molecule has 0 saturated heterocycles. The molecule has 0 saturated carbocycles. The van der Waals surface area contributed by atoms with Crippen LogP contribution in [0.4, 0.5) is 5.69 Å². The highest BCUT2D eigenvalue weighted by atomic mass is 16.5. The number of nitrogens with two attached hydrogens (primary N) is 1. The second kappa shape index (κ2) is 7.25. The number of amides is 1. The van der Waals surface area contributed by atoms with Crippen LogP contribution in [0, 0.1) is 0 Å². The fourth-order valence-electron chi connectivity index (χ4n) is 1.49. The second-order valence-corrected chi connectivity index (χ2v) is 3.94. The molecule has 0 radical (unpaired) electrons. The number of rotatable bonds is 6. The summed E-state index contributed by atoms with van der Waals surface area (Å²) in [5, 5.41) is 11.3. The lowest BCUT2D eigenvalue weighted by Crippen LogP contribution is -2.43. The highest BCUT2D eigenvalue weighted by Gasteiger charge is 2.24. The molecule has 21 heavy (non-hydrogen) atoms. The van der Waals surface area contributed by atoms with E-state index in [1.165, 1.54) is 25.3 Å². The monoisotopic (exact) mass is 296 g/mol. The van der Waals surface area contributed by atoms with Crippen LogP contribution in [-0.2, 0) is 14.3 Å². The van der Waals surface area contributed by atoms with Crippen molar-refractivity contribution in [1.29, 1.82) is 0 Å². The van der Waals surface area contributed by atoms with E-state index in [1.807, 2.05) is 0 Å². The summed E-state index contributed by atoms with van der Waals surface area (Å²) < 4.78 is 9.63. The van der Waals surface area contributed by atoms with Gasteiger partial charge < -0.3 is 25.6 Å². The number of carbonyl (C=O) groups excluding carboxylic acids is 2. The number of carboxylic acid groups (broad SMARTS) is 1. The number of anilines is 1. The SMILES string of the molecule is CCOC(=O)C(N)C(=O)Nc1cc(C(=O)O)ccc1OC. The Hall–Kier alpha value is -2.61. The first kappa shape index (κ1) is 16.4. The second-order valence-electron chi connectivity index (χ2n) is 3.94. The first-order valence-electron chi connectivity index (χ1n) is 6.05. The van der Waals surface area contributed by atoms with Gasteiger partial charge in [0.15, 0.2) is 6.04 Å². The zero-order chi connectivity index (χ0) is 16.0. The summed E-state index contributed by atoms with van der Waals surface area (Å²) in [6, 6.07) is 2.40. The Kier molecular flexibility index (Phi) is 5.67. The molecule has 1 unspecified atom stereocenters. The third-order valence-electron chi connectivity index (χ3n) is 2.53. The van der Waals surface area contributed by atoms with Gasteiger partial charge in [0.25, 0.3) is 5.91 Å². The molecule has 1 atom stereocenters. The average molecular weight is 296 g/mol. The number of hydrogen-bond donors (Lipinski definition) is 3. The Balaban J connectivity index is 2.95. The summed E-state index contributed by atoms with van der Waals surface area (Å²) in [7, 11) is 1.36. The summed E-state index contributed by atoms with van der Waals surface area (Å²) in [6.45, 7) is 1.68. The van der Waals surface area contributed by atoms with Gasteiger partial charge in [-0.15, -0.1) is 0 Å². The molecule has 0 spiro atoms. The molecular weight excluding hydrogens is 280 g/mol. The molecule has 8 heteroatoms. The number of ether oxygens (including phenoxy) is 2. The lowest BCUT2D eigenvalue weighted by molar-refractivity contribution is -0.146. The lowest BCUT2D eigenvalue weighted by atomic mass is 10.1. The maximum atomic E-state index is 11.8. The summed E-state index contributed by atoms with van der Waals surface area (Å²) in [4.78, 5) is 34.1. The largest absolute Gasteiger partial charge is 0.495 e. The first-order valence-corrected chi connectivity index (χ1v) is 6.05. The van der Waals surface area contributed by atoms with E-state index in [4.69, 9.17) is 15.6 Å². The molecule has 1 aromatic rings. The third-order valence-corrected chi connectivity index (χ3v) is 2.53. The summed E-state index contributed by atoms with van der Waals surface area (Å²) in [5.41, 5.74) is 5.49. The topological polar surface area (TPSA) is 128 Å². The van der Waals surface area contributed by atoms with Crippen LogP contribution in [0.3, 0.4) is 0 Å². The van der Waals surface area contributed by atoms with Crippen LogP contribution in [0.2, 0.25) is 0 Å². The van der Waals surface area contributed by atoms with E-state index in [2.05, 4.69) is 10.1 Å². The molecular formula is C13H16N2O6. The van der Waals surface area contributed by atoms with Crippen molar-refractivity contribution in [3.63, 3.8) is 0 Å². The Bertz CT molecular complexity index is 558. The Morgan fingerprint density at radius 1 is 1.38 bits per heavy atom. The number of nitrogens with one attached hydrogen (secondary N) is 1. The highest BCUT2D eigenvalue weighted by molar-refractivity contribution is 6.09. The minimum Gasteiger partial charge on any atom is -0.495 e. The maximum absolute atomic E-state index is 11.8. The predicted molar refractivity (Wildman–Crippen MR) is 73.2 cm³/mol. The molecule has 1 amide bonds. The molecule has 1 aromatic carbocycles. The van der Waals surface area contributed by atoms with Crippen LogP contribution in [-0.4, -0.2) is 42.7 Å². The van der Waals surface area contributed by atoms with Gasteiger partial charge in [-0.3, -0.25) is 4.79 Å². The van der Waals surface area contributed by atoms with Gasteiger partial charge in [0.1, 0.15) is 5.75 Å². The molecule has 0 heterocycles. The van der Waals surface area contributed by atoms with Crippen molar-refractivity contribution in [1.82, 2.24) is 0 Å². The number of hydrogen-bond acceptors (Lipinski definition) is 6. The van der Waals surface area contributed by atoms with Crippen molar-refractivity contribution in [3.05, 3.63) is 23.8 Å². The van der Waals surface area contributed by atoms with Gasteiger partial charge in [0.2, 0.25) is 0 Å². The van der Waals surface area contributed by atoms with Crippen LogP contribution in [0.15, 0.2) is 18.2 Å².